The van der Waals surface area contributed by atoms with Crippen molar-refractivity contribution >= 4 is 56.4 Å². The van der Waals surface area contributed by atoms with E-state index in [1.54, 1.807) is 24.3 Å². The number of hydrogen-bond donors (Lipinski definition) is 1. The molecule has 0 heterocycles. The number of hydrogen-bond acceptors (Lipinski definition) is 2. The zero-order valence-corrected chi connectivity index (χ0v) is 17.8. The Morgan fingerprint density at radius 1 is 0.889 bits per heavy atom. The van der Waals surface area contributed by atoms with Crippen molar-refractivity contribution in [3.05, 3.63) is 91.1 Å². The van der Waals surface area contributed by atoms with Gasteiger partial charge in [0.25, 0.3) is 0 Å². The fraction of sp³-hybridized carbons (Fsp3) is 0.100. The average Bonchev–Trinajstić information content (AvgIpc) is 2.63. The Kier molecular flexibility index (Phi) is 6.88. The number of benzene rings is 3. The third-order valence-corrected chi connectivity index (χ3v) is 5.23. The molecule has 0 atom stereocenters. The molecule has 3 aromatic rings. The van der Waals surface area contributed by atoms with Gasteiger partial charge in [-0.3, -0.25) is 0 Å². The van der Waals surface area contributed by atoms with E-state index in [1.807, 2.05) is 18.2 Å². The van der Waals surface area contributed by atoms with Crippen LogP contribution in [0.4, 0.5) is 10.1 Å². The van der Waals surface area contributed by atoms with Gasteiger partial charge >= 0.3 is 0 Å². The molecule has 0 aromatic heterocycles. The minimum atomic E-state index is -0.379. The van der Waals surface area contributed by atoms with Gasteiger partial charge in [-0.15, -0.1) is 0 Å². The first-order valence-electron chi connectivity index (χ1n) is 7.96. The lowest BCUT2D eigenvalue weighted by atomic mass is 10.2. The number of ether oxygens (including phenoxy) is 1. The van der Waals surface area contributed by atoms with Crippen molar-refractivity contribution in [3.8, 4) is 5.75 Å². The zero-order chi connectivity index (χ0) is 19.4. The van der Waals surface area contributed by atoms with Gasteiger partial charge in [0.05, 0.1) is 15.7 Å². The van der Waals surface area contributed by atoms with E-state index in [4.69, 9.17) is 39.5 Å². The van der Waals surface area contributed by atoms with Gasteiger partial charge in [-0.05, 0) is 48.5 Å². The molecule has 0 aliphatic rings. The second-order valence-corrected chi connectivity index (χ2v) is 7.92. The maximum Gasteiger partial charge on any atom is 0.124 e. The van der Waals surface area contributed by atoms with E-state index in [2.05, 4.69) is 21.2 Å². The van der Waals surface area contributed by atoms with Crippen molar-refractivity contribution in [3.63, 3.8) is 0 Å². The molecule has 0 amide bonds. The SMILES string of the molecule is Fc1ccc(COc2ccc(Br)cc2CNc2cc(Cl)ccc2Cl)c(Cl)c1. The van der Waals surface area contributed by atoms with Crippen LogP contribution < -0.4 is 10.1 Å². The summed E-state index contributed by atoms with van der Waals surface area (Å²) in [5.41, 5.74) is 2.35. The molecule has 0 radical (unpaired) electrons. The molecule has 3 rings (SSSR count). The third-order valence-electron chi connectivity index (χ3n) is 3.82. The van der Waals surface area contributed by atoms with Crippen molar-refractivity contribution in [2.24, 2.45) is 0 Å². The van der Waals surface area contributed by atoms with Gasteiger partial charge in [0.1, 0.15) is 18.2 Å². The highest BCUT2D eigenvalue weighted by Gasteiger charge is 2.09. The van der Waals surface area contributed by atoms with Crippen molar-refractivity contribution in [1.29, 1.82) is 0 Å². The van der Waals surface area contributed by atoms with Crippen molar-refractivity contribution in [1.82, 2.24) is 0 Å². The summed E-state index contributed by atoms with van der Waals surface area (Å²) in [5.74, 6) is 0.305. The number of halogens is 5. The van der Waals surface area contributed by atoms with Crippen LogP contribution in [0, 0.1) is 5.82 Å². The number of nitrogens with one attached hydrogen (secondary N) is 1. The molecule has 0 bridgehead atoms. The number of anilines is 1. The Balaban J connectivity index is 1.75. The fourth-order valence-electron chi connectivity index (χ4n) is 2.44. The van der Waals surface area contributed by atoms with Crippen molar-refractivity contribution in [2.45, 2.75) is 13.2 Å². The summed E-state index contributed by atoms with van der Waals surface area (Å²) in [6, 6.07) is 15.2. The Bertz CT molecular complexity index is 968. The highest BCUT2D eigenvalue weighted by molar-refractivity contribution is 9.10. The highest BCUT2D eigenvalue weighted by Crippen LogP contribution is 2.29. The van der Waals surface area contributed by atoms with Crippen molar-refractivity contribution < 1.29 is 9.13 Å². The van der Waals surface area contributed by atoms with Crippen LogP contribution in [0.2, 0.25) is 15.1 Å². The maximum absolute atomic E-state index is 13.2. The lowest BCUT2D eigenvalue weighted by molar-refractivity contribution is 0.303. The number of rotatable bonds is 6. The second kappa shape index (κ2) is 9.16. The van der Waals surface area contributed by atoms with Crippen LogP contribution in [0.3, 0.4) is 0 Å². The van der Waals surface area contributed by atoms with Gasteiger partial charge in [-0.2, -0.15) is 0 Å². The Morgan fingerprint density at radius 2 is 1.70 bits per heavy atom. The van der Waals surface area contributed by atoms with Crippen LogP contribution in [-0.2, 0) is 13.2 Å². The molecule has 0 aliphatic heterocycles. The van der Waals surface area contributed by atoms with E-state index < -0.39 is 0 Å². The van der Waals surface area contributed by atoms with Gasteiger partial charge in [-0.25, -0.2) is 4.39 Å². The van der Waals surface area contributed by atoms with Gasteiger partial charge < -0.3 is 10.1 Å². The summed E-state index contributed by atoms with van der Waals surface area (Å²) in [6.07, 6.45) is 0. The summed E-state index contributed by atoms with van der Waals surface area (Å²) in [6.45, 7) is 0.706. The molecular formula is C20H14BrCl3FNO. The summed E-state index contributed by atoms with van der Waals surface area (Å²) in [5, 5.41) is 4.77. The summed E-state index contributed by atoms with van der Waals surface area (Å²) in [4.78, 5) is 0. The molecule has 0 saturated heterocycles. The van der Waals surface area contributed by atoms with E-state index in [0.717, 1.165) is 15.7 Å². The quantitative estimate of drug-likeness (QED) is 0.382. The molecule has 140 valence electrons. The molecular weight excluding hydrogens is 475 g/mol. The molecule has 2 nitrogen and oxygen atoms in total. The van der Waals surface area contributed by atoms with E-state index in [9.17, 15) is 4.39 Å². The van der Waals surface area contributed by atoms with Crippen LogP contribution >= 0.6 is 50.7 Å². The molecule has 3 aromatic carbocycles. The van der Waals surface area contributed by atoms with E-state index >= 15 is 0 Å². The Labute approximate surface area is 180 Å². The van der Waals surface area contributed by atoms with Crippen LogP contribution in [-0.4, -0.2) is 0 Å². The summed E-state index contributed by atoms with van der Waals surface area (Å²) < 4.78 is 20.0. The minimum absolute atomic E-state index is 0.228. The zero-order valence-electron chi connectivity index (χ0n) is 13.9. The van der Waals surface area contributed by atoms with E-state index in [1.165, 1.54) is 12.1 Å². The minimum Gasteiger partial charge on any atom is -0.488 e. The van der Waals surface area contributed by atoms with Crippen LogP contribution in [0.15, 0.2) is 59.1 Å². The van der Waals surface area contributed by atoms with Crippen LogP contribution in [0.25, 0.3) is 0 Å². The lowest BCUT2D eigenvalue weighted by Crippen LogP contribution is -2.04. The van der Waals surface area contributed by atoms with Crippen molar-refractivity contribution in [2.75, 3.05) is 5.32 Å². The van der Waals surface area contributed by atoms with Gasteiger partial charge in [0, 0.05) is 27.2 Å². The van der Waals surface area contributed by atoms with Gasteiger partial charge in [0.15, 0.2) is 0 Å². The molecule has 0 unspecified atom stereocenters. The first-order valence-corrected chi connectivity index (χ1v) is 9.89. The third kappa shape index (κ3) is 5.52. The first kappa shape index (κ1) is 20.3. The Hall–Kier alpha value is -1.46. The molecule has 0 aliphatic carbocycles. The van der Waals surface area contributed by atoms with Crippen LogP contribution in [0.5, 0.6) is 5.75 Å². The molecule has 0 fully saturated rings. The standard InChI is InChI=1S/C20H14BrCl3FNO/c21-14-2-6-20(27-11-12-1-4-16(25)9-18(12)24)13(7-14)10-26-19-8-15(22)3-5-17(19)23/h1-9,26H,10-11H2. The predicted octanol–water partition coefficient (Wildman–Crippen LogP) is 7.74. The van der Waals surface area contributed by atoms with Crippen LogP contribution in [0.1, 0.15) is 11.1 Å². The molecule has 27 heavy (non-hydrogen) atoms. The molecule has 1 N–H and O–H groups in total. The summed E-state index contributed by atoms with van der Waals surface area (Å²) in [7, 11) is 0. The van der Waals surface area contributed by atoms with E-state index in [-0.39, 0.29) is 12.4 Å². The Morgan fingerprint density at radius 3 is 2.48 bits per heavy atom. The maximum atomic E-state index is 13.2. The molecule has 0 saturated carbocycles. The fourth-order valence-corrected chi connectivity index (χ4v) is 3.43. The smallest absolute Gasteiger partial charge is 0.124 e. The van der Waals surface area contributed by atoms with E-state index in [0.29, 0.717) is 32.9 Å². The van der Waals surface area contributed by atoms with Gasteiger partial charge in [0.2, 0.25) is 0 Å². The normalized spacial score (nSPS) is 10.7. The highest BCUT2D eigenvalue weighted by atomic mass is 79.9. The first-order chi connectivity index (χ1) is 12.9. The topological polar surface area (TPSA) is 21.3 Å². The monoisotopic (exact) mass is 487 g/mol. The van der Waals surface area contributed by atoms with Gasteiger partial charge in [-0.1, -0.05) is 56.8 Å². The predicted molar refractivity (Wildman–Crippen MR) is 114 cm³/mol. The lowest BCUT2D eigenvalue weighted by Gasteiger charge is -2.15. The largest absolute Gasteiger partial charge is 0.488 e. The summed E-state index contributed by atoms with van der Waals surface area (Å²) >= 11 is 21.8. The second-order valence-electron chi connectivity index (χ2n) is 5.75. The average molecular weight is 490 g/mol. The molecule has 0 spiro atoms. The molecule has 7 heteroatoms.